The molecule has 1 aliphatic carbocycles. The Balaban J connectivity index is 1.90. The van der Waals surface area contributed by atoms with Crippen LogP contribution in [0.5, 0.6) is 5.75 Å². The molecule has 23 heavy (non-hydrogen) atoms. The van der Waals surface area contributed by atoms with Crippen LogP contribution in [0, 0.1) is 6.92 Å². The van der Waals surface area contributed by atoms with Crippen molar-refractivity contribution >= 4 is 15.9 Å². The molecule has 122 valence electrons. The third-order valence-electron chi connectivity index (χ3n) is 4.35. The molecule has 0 unspecified atom stereocenters. The molecule has 3 rings (SSSR count). The molecule has 2 aromatic rings. The quantitative estimate of drug-likeness (QED) is 0.518. The molecule has 0 fully saturated rings. The Morgan fingerprint density at radius 1 is 1.04 bits per heavy atom. The Bertz CT molecular complexity index is 694. The molecule has 0 bridgehead atoms. The molecule has 2 nitrogen and oxygen atoms in total. The van der Waals surface area contributed by atoms with Crippen molar-refractivity contribution in [3.05, 3.63) is 52.6 Å². The highest BCUT2D eigenvalue weighted by Crippen LogP contribution is 2.38. The summed E-state index contributed by atoms with van der Waals surface area (Å²) in [7, 11) is 0. The zero-order chi connectivity index (χ0) is 16.2. The second-order valence-corrected chi connectivity index (χ2v) is 6.51. The molecule has 0 amide bonds. The van der Waals surface area contributed by atoms with E-state index in [1.165, 1.54) is 33.4 Å². The molecule has 0 atom stereocenters. The van der Waals surface area contributed by atoms with Crippen LogP contribution in [0.2, 0.25) is 0 Å². The van der Waals surface area contributed by atoms with Gasteiger partial charge in [0.2, 0.25) is 0 Å². The van der Waals surface area contributed by atoms with Crippen LogP contribution < -0.4 is 4.74 Å². The Hall–Kier alpha value is -1.32. The molecule has 3 heteroatoms. The van der Waals surface area contributed by atoms with Gasteiger partial charge < -0.3 is 9.47 Å². The number of benzene rings is 2. The maximum absolute atomic E-state index is 5.86. The number of aryl methyl sites for hydroxylation is 3. The summed E-state index contributed by atoms with van der Waals surface area (Å²) in [5.74, 6) is 0.959. The van der Waals surface area contributed by atoms with Crippen LogP contribution in [0.4, 0.5) is 0 Å². The summed E-state index contributed by atoms with van der Waals surface area (Å²) >= 11 is 3.56. The topological polar surface area (TPSA) is 18.5 Å². The van der Waals surface area contributed by atoms with Gasteiger partial charge in [0, 0.05) is 11.9 Å². The molecule has 0 saturated carbocycles. The van der Waals surface area contributed by atoms with Crippen LogP contribution in [-0.4, -0.2) is 19.8 Å². The SMILES string of the molecule is CCOCCOc1cc(C)c2c(c1)CCc1ccc(CBr)cc1-2. The standard InChI is InChI=1S/C20H23BrO2/c1-3-22-8-9-23-18-10-14(2)20-17(12-18)7-6-16-5-4-15(13-21)11-19(16)20/h4-5,10-12H,3,6-9,13H2,1-2H3. The van der Waals surface area contributed by atoms with E-state index in [0.717, 1.165) is 30.5 Å². The summed E-state index contributed by atoms with van der Waals surface area (Å²) in [6.45, 7) is 6.17. The van der Waals surface area contributed by atoms with Gasteiger partial charge in [0.15, 0.2) is 0 Å². The van der Waals surface area contributed by atoms with E-state index in [4.69, 9.17) is 9.47 Å². The maximum Gasteiger partial charge on any atom is 0.120 e. The molecule has 0 radical (unpaired) electrons. The van der Waals surface area contributed by atoms with Crippen LogP contribution in [0.15, 0.2) is 30.3 Å². The lowest BCUT2D eigenvalue weighted by Crippen LogP contribution is -2.09. The Kier molecular flexibility index (Phi) is 5.39. The molecular weight excluding hydrogens is 352 g/mol. The third-order valence-corrected chi connectivity index (χ3v) is 5.00. The normalized spacial score (nSPS) is 12.7. The fourth-order valence-corrected chi connectivity index (χ4v) is 3.63. The van der Waals surface area contributed by atoms with Gasteiger partial charge in [0.25, 0.3) is 0 Å². The molecule has 0 aromatic heterocycles. The van der Waals surface area contributed by atoms with E-state index in [0.29, 0.717) is 13.2 Å². The number of ether oxygens (including phenoxy) is 2. The number of hydrogen-bond donors (Lipinski definition) is 0. The number of halogens is 1. The number of rotatable bonds is 6. The fourth-order valence-electron chi connectivity index (χ4n) is 3.28. The van der Waals surface area contributed by atoms with Gasteiger partial charge in [-0.2, -0.15) is 0 Å². The third kappa shape index (κ3) is 3.61. The molecule has 0 aliphatic heterocycles. The van der Waals surface area contributed by atoms with E-state index in [1.54, 1.807) is 0 Å². The lowest BCUT2D eigenvalue weighted by Gasteiger charge is -2.23. The van der Waals surface area contributed by atoms with Crippen molar-refractivity contribution in [3.8, 4) is 16.9 Å². The largest absolute Gasteiger partial charge is 0.491 e. The molecule has 0 spiro atoms. The van der Waals surface area contributed by atoms with Crippen molar-refractivity contribution in [1.82, 2.24) is 0 Å². The predicted octanol–water partition coefficient (Wildman–Crippen LogP) is 5.07. The zero-order valence-corrected chi connectivity index (χ0v) is 15.4. The van der Waals surface area contributed by atoms with Gasteiger partial charge >= 0.3 is 0 Å². The smallest absolute Gasteiger partial charge is 0.120 e. The first-order valence-corrected chi connectivity index (χ1v) is 9.37. The number of hydrogen-bond acceptors (Lipinski definition) is 2. The van der Waals surface area contributed by atoms with Crippen molar-refractivity contribution in [2.45, 2.75) is 32.0 Å². The highest BCUT2D eigenvalue weighted by atomic mass is 79.9. The van der Waals surface area contributed by atoms with Gasteiger partial charge in [0.1, 0.15) is 12.4 Å². The molecule has 0 heterocycles. The first-order chi connectivity index (χ1) is 11.2. The van der Waals surface area contributed by atoms with Gasteiger partial charge in [-0.05, 0) is 72.2 Å². The molecule has 2 aromatic carbocycles. The maximum atomic E-state index is 5.86. The predicted molar refractivity (Wildman–Crippen MR) is 98.6 cm³/mol. The van der Waals surface area contributed by atoms with Crippen molar-refractivity contribution in [3.63, 3.8) is 0 Å². The minimum Gasteiger partial charge on any atom is -0.491 e. The Labute approximate surface area is 146 Å². The summed E-state index contributed by atoms with van der Waals surface area (Å²) in [6.07, 6.45) is 2.19. The molecular formula is C20H23BrO2. The van der Waals surface area contributed by atoms with E-state index in [2.05, 4.69) is 53.2 Å². The van der Waals surface area contributed by atoms with Crippen molar-refractivity contribution in [2.75, 3.05) is 19.8 Å². The lowest BCUT2D eigenvalue weighted by atomic mass is 9.82. The van der Waals surface area contributed by atoms with Gasteiger partial charge in [0.05, 0.1) is 6.61 Å². The summed E-state index contributed by atoms with van der Waals surface area (Å²) in [5.41, 5.74) is 8.26. The molecule has 1 aliphatic rings. The second-order valence-electron chi connectivity index (χ2n) is 5.94. The highest BCUT2D eigenvalue weighted by molar-refractivity contribution is 9.08. The van der Waals surface area contributed by atoms with Gasteiger partial charge in [-0.25, -0.2) is 0 Å². The second kappa shape index (κ2) is 7.50. The van der Waals surface area contributed by atoms with Gasteiger partial charge in [-0.3, -0.25) is 0 Å². The Morgan fingerprint density at radius 2 is 1.87 bits per heavy atom. The molecule has 0 N–H and O–H groups in total. The van der Waals surface area contributed by atoms with E-state index in [-0.39, 0.29) is 0 Å². The van der Waals surface area contributed by atoms with Crippen molar-refractivity contribution in [2.24, 2.45) is 0 Å². The van der Waals surface area contributed by atoms with Crippen LogP contribution in [-0.2, 0) is 22.9 Å². The first-order valence-electron chi connectivity index (χ1n) is 8.25. The van der Waals surface area contributed by atoms with Crippen LogP contribution >= 0.6 is 15.9 Å². The monoisotopic (exact) mass is 374 g/mol. The van der Waals surface area contributed by atoms with Crippen LogP contribution in [0.1, 0.15) is 29.2 Å². The average Bonchev–Trinajstić information content (AvgIpc) is 2.57. The highest BCUT2D eigenvalue weighted by Gasteiger charge is 2.19. The summed E-state index contributed by atoms with van der Waals surface area (Å²) in [6, 6.07) is 11.2. The van der Waals surface area contributed by atoms with E-state index in [1.807, 2.05) is 6.92 Å². The zero-order valence-electron chi connectivity index (χ0n) is 13.8. The van der Waals surface area contributed by atoms with E-state index < -0.39 is 0 Å². The van der Waals surface area contributed by atoms with Crippen molar-refractivity contribution in [1.29, 1.82) is 0 Å². The Morgan fingerprint density at radius 3 is 2.65 bits per heavy atom. The lowest BCUT2D eigenvalue weighted by molar-refractivity contribution is 0.110. The summed E-state index contributed by atoms with van der Waals surface area (Å²) < 4.78 is 11.2. The van der Waals surface area contributed by atoms with E-state index >= 15 is 0 Å². The fraction of sp³-hybridized carbons (Fsp3) is 0.400. The number of alkyl halides is 1. The molecule has 0 saturated heterocycles. The van der Waals surface area contributed by atoms with Crippen molar-refractivity contribution < 1.29 is 9.47 Å². The minimum absolute atomic E-state index is 0.608. The first kappa shape index (κ1) is 16.5. The van der Waals surface area contributed by atoms with Crippen LogP contribution in [0.3, 0.4) is 0 Å². The average molecular weight is 375 g/mol. The summed E-state index contributed by atoms with van der Waals surface area (Å²) in [5, 5.41) is 0.896. The van der Waals surface area contributed by atoms with E-state index in [9.17, 15) is 0 Å². The summed E-state index contributed by atoms with van der Waals surface area (Å²) in [4.78, 5) is 0. The number of fused-ring (bicyclic) bond motifs is 3. The van der Waals surface area contributed by atoms with Gasteiger partial charge in [-0.15, -0.1) is 0 Å². The van der Waals surface area contributed by atoms with Gasteiger partial charge in [-0.1, -0.05) is 34.1 Å². The minimum atomic E-state index is 0.608. The van der Waals surface area contributed by atoms with Crippen LogP contribution in [0.25, 0.3) is 11.1 Å².